The van der Waals surface area contributed by atoms with Crippen molar-refractivity contribution >= 4 is 21.6 Å². The maximum absolute atomic E-state index is 12.2. The van der Waals surface area contributed by atoms with Crippen LogP contribution in [-0.2, 0) is 23.0 Å². The summed E-state index contributed by atoms with van der Waals surface area (Å²) in [6.45, 7) is 0.541. The minimum absolute atomic E-state index is 0.181. The van der Waals surface area contributed by atoms with Crippen LogP contribution in [0.3, 0.4) is 0 Å². The Labute approximate surface area is 130 Å². The second-order valence-electron chi connectivity index (χ2n) is 4.59. The van der Waals surface area contributed by atoms with E-state index in [9.17, 15) is 8.42 Å². The van der Waals surface area contributed by atoms with Gasteiger partial charge in [-0.3, -0.25) is 0 Å². The maximum atomic E-state index is 12.2. The van der Waals surface area contributed by atoms with Crippen molar-refractivity contribution in [1.82, 2.24) is 4.72 Å². The lowest BCUT2D eigenvalue weighted by Crippen LogP contribution is -2.26. The molecule has 0 aromatic heterocycles. The van der Waals surface area contributed by atoms with Crippen LogP contribution < -0.4 is 10.5 Å². The van der Waals surface area contributed by atoms with Gasteiger partial charge in [0, 0.05) is 18.1 Å². The second-order valence-corrected chi connectivity index (χ2v) is 6.76. The largest absolute Gasteiger partial charge is 0.326 e. The molecule has 0 aliphatic rings. The maximum Gasteiger partial charge on any atom is 0.240 e. The molecular weight excluding hydrogens is 308 g/mol. The molecule has 0 radical (unpaired) electrons. The number of hydrogen-bond donors (Lipinski definition) is 2. The second kappa shape index (κ2) is 7.04. The lowest BCUT2D eigenvalue weighted by Gasteiger charge is -2.09. The fourth-order valence-electron chi connectivity index (χ4n) is 1.93. The summed E-state index contributed by atoms with van der Waals surface area (Å²) in [7, 11) is -3.54. The molecule has 112 valence electrons. The molecule has 0 saturated carbocycles. The smallest absolute Gasteiger partial charge is 0.240 e. The first-order valence-electron chi connectivity index (χ1n) is 6.55. The van der Waals surface area contributed by atoms with E-state index < -0.39 is 10.0 Å². The van der Waals surface area contributed by atoms with Crippen LogP contribution in [0.15, 0.2) is 53.4 Å². The summed E-state index contributed by atoms with van der Waals surface area (Å²) in [5, 5.41) is 0.473. The summed E-state index contributed by atoms with van der Waals surface area (Å²) in [4.78, 5) is 0.181. The third kappa shape index (κ3) is 4.28. The van der Waals surface area contributed by atoms with Crippen LogP contribution in [0.5, 0.6) is 0 Å². The zero-order valence-corrected chi connectivity index (χ0v) is 13.0. The van der Waals surface area contributed by atoms with E-state index in [0.717, 1.165) is 5.56 Å². The number of halogens is 1. The van der Waals surface area contributed by atoms with Crippen LogP contribution in [0, 0.1) is 0 Å². The van der Waals surface area contributed by atoms with E-state index in [0.29, 0.717) is 23.6 Å². The highest BCUT2D eigenvalue weighted by atomic mass is 35.5. The summed E-state index contributed by atoms with van der Waals surface area (Å²) < 4.78 is 27.0. The number of nitrogens with one attached hydrogen (secondary N) is 1. The Kier molecular flexibility index (Phi) is 5.36. The van der Waals surface area contributed by atoms with Gasteiger partial charge in [0.05, 0.1) is 4.90 Å². The molecule has 3 N–H and O–H groups in total. The van der Waals surface area contributed by atoms with E-state index in [4.69, 9.17) is 17.3 Å². The fourth-order valence-corrected chi connectivity index (χ4v) is 3.21. The van der Waals surface area contributed by atoms with Crippen LogP contribution in [0.25, 0.3) is 0 Å². The Morgan fingerprint density at radius 3 is 2.48 bits per heavy atom. The van der Waals surface area contributed by atoms with E-state index in [1.165, 1.54) is 12.1 Å². The van der Waals surface area contributed by atoms with E-state index in [1.807, 2.05) is 30.3 Å². The topological polar surface area (TPSA) is 72.2 Å². The zero-order valence-electron chi connectivity index (χ0n) is 11.4. The van der Waals surface area contributed by atoms with Crippen molar-refractivity contribution < 1.29 is 8.42 Å². The average molecular weight is 325 g/mol. The first kappa shape index (κ1) is 16.0. The molecule has 0 unspecified atom stereocenters. The highest BCUT2D eigenvalue weighted by Crippen LogP contribution is 2.19. The Balaban J connectivity index is 2.05. The molecule has 2 aromatic carbocycles. The highest BCUT2D eigenvalue weighted by Gasteiger charge is 2.14. The predicted octanol–water partition coefficient (Wildman–Crippen LogP) is 2.32. The van der Waals surface area contributed by atoms with Gasteiger partial charge in [0.25, 0.3) is 0 Å². The summed E-state index contributed by atoms with van der Waals surface area (Å²) >= 11 is 5.94. The SMILES string of the molecule is NCc1cc(S(=O)(=O)NCCc2ccccc2)ccc1Cl. The fraction of sp³-hybridized carbons (Fsp3) is 0.200. The van der Waals surface area contributed by atoms with Crippen molar-refractivity contribution in [1.29, 1.82) is 0 Å². The predicted molar refractivity (Wildman–Crippen MR) is 84.7 cm³/mol. The van der Waals surface area contributed by atoms with Crippen LogP contribution >= 0.6 is 11.6 Å². The van der Waals surface area contributed by atoms with Gasteiger partial charge in [-0.1, -0.05) is 41.9 Å². The van der Waals surface area contributed by atoms with Gasteiger partial charge in [0.1, 0.15) is 0 Å². The number of nitrogens with two attached hydrogens (primary N) is 1. The van der Waals surface area contributed by atoms with Crippen molar-refractivity contribution in [3.8, 4) is 0 Å². The van der Waals surface area contributed by atoms with Gasteiger partial charge >= 0.3 is 0 Å². The summed E-state index contributed by atoms with van der Waals surface area (Å²) in [5.74, 6) is 0. The minimum Gasteiger partial charge on any atom is -0.326 e. The average Bonchev–Trinajstić information content (AvgIpc) is 2.48. The molecule has 0 aliphatic heterocycles. The number of rotatable bonds is 6. The normalized spacial score (nSPS) is 11.5. The van der Waals surface area contributed by atoms with E-state index in [-0.39, 0.29) is 11.4 Å². The molecule has 0 atom stereocenters. The Hall–Kier alpha value is -1.40. The van der Waals surface area contributed by atoms with Crippen molar-refractivity contribution in [3.05, 3.63) is 64.7 Å². The molecule has 0 heterocycles. The molecular formula is C15H17ClN2O2S. The van der Waals surface area contributed by atoms with Gasteiger partial charge < -0.3 is 5.73 Å². The van der Waals surface area contributed by atoms with E-state index >= 15 is 0 Å². The summed E-state index contributed by atoms with van der Waals surface area (Å²) in [5.41, 5.74) is 7.24. The van der Waals surface area contributed by atoms with Crippen LogP contribution in [-0.4, -0.2) is 15.0 Å². The number of sulfonamides is 1. The third-order valence-electron chi connectivity index (χ3n) is 3.10. The van der Waals surface area contributed by atoms with Crippen molar-refractivity contribution in [3.63, 3.8) is 0 Å². The lowest BCUT2D eigenvalue weighted by molar-refractivity contribution is 0.581. The summed E-state index contributed by atoms with van der Waals surface area (Å²) in [6.07, 6.45) is 0.636. The van der Waals surface area contributed by atoms with Gasteiger partial charge in [-0.15, -0.1) is 0 Å². The van der Waals surface area contributed by atoms with Crippen molar-refractivity contribution in [2.24, 2.45) is 5.73 Å². The van der Waals surface area contributed by atoms with Crippen molar-refractivity contribution in [2.45, 2.75) is 17.9 Å². The molecule has 21 heavy (non-hydrogen) atoms. The molecule has 6 heteroatoms. The quantitative estimate of drug-likeness (QED) is 0.856. The first-order valence-corrected chi connectivity index (χ1v) is 8.41. The molecule has 0 aliphatic carbocycles. The number of hydrogen-bond acceptors (Lipinski definition) is 3. The molecule has 0 fully saturated rings. The van der Waals surface area contributed by atoms with Crippen LogP contribution in [0.4, 0.5) is 0 Å². The Bertz CT molecular complexity index is 703. The van der Waals surface area contributed by atoms with E-state index in [2.05, 4.69) is 4.72 Å². The van der Waals surface area contributed by atoms with Crippen LogP contribution in [0.1, 0.15) is 11.1 Å². The monoisotopic (exact) mass is 324 g/mol. The Morgan fingerprint density at radius 2 is 1.81 bits per heavy atom. The Morgan fingerprint density at radius 1 is 1.10 bits per heavy atom. The molecule has 0 amide bonds. The van der Waals surface area contributed by atoms with Gasteiger partial charge in [0.2, 0.25) is 10.0 Å². The molecule has 2 aromatic rings. The third-order valence-corrected chi connectivity index (χ3v) is 4.92. The minimum atomic E-state index is -3.54. The zero-order chi connectivity index (χ0) is 15.3. The van der Waals surface area contributed by atoms with Crippen LogP contribution in [0.2, 0.25) is 5.02 Å². The molecule has 0 saturated heterocycles. The number of benzene rings is 2. The van der Waals surface area contributed by atoms with Crippen molar-refractivity contribution in [2.75, 3.05) is 6.54 Å². The lowest BCUT2D eigenvalue weighted by atomic mass is 10.2. The first-order chi connectivity index (χ1) is 10.0. The van der Waals surface area contributed by atoms with Gasteiger partial charge in [-0.05, 0) is 35.7 Å². The standard InChI is InChI=1S/C15H17ClN2O2S/c16-15-7-6-14(10-13(15)11-17)21(19,20)18-9-8-12-4-2-1-3-5-12/h1-7,10,18H,8-9,11,17H2. The molecule has 0 spiro atoms. The van der Waals surface area contributed by atoms with Gasteiger partial charge in [0.15, 0.2) is 0 Å². The van der Waals surface area contributed by atoms with Gasteiger partial charge in [-0.2, -0.15) is 0 Å². The summed E-state index contributed by atoms with van der Waals surface area (Å²) in [6, 6.07) is 14.2. The highest BCUT2D eigenvalue weighted by molar-refractivity contribution is 7.89. The molecule has 2 rings (SSSR count). The molecule has 0 bridgehead atoms. The molecule has 4 nitrogen and oxygen atoms in total. The van der Waals surface area contributed by atoms with Gasteiger partial charge in [-0.25, -0.2) is 13.1 Å². The van der Waals surface area contributed by atoms with E-state index in [1.54, 1.807) is 6.07 Å².